The van der Waals surface area contributed by atoms with Gasteiger partial charge in [-0.3, -0.25) is 10.1 Å². The van der Waals surface area contributed by atoms with Crippen molar-refractivity contribution in [1.82, 2.24) is 0 Å². The molecule has 0 saturated carbocycles. The minimum atomic E-state index is -0.667. The Labute approximate surface area is 106 Å². The molecule has 0 aliphatic carbocycles. The number of halogens is 1. The van der Waals surface area contributed by atoms with Crippen LogP contribution in [0.2, 0.25) is 5.02 Å². The van der Waals surface area contributed by atoms with Gasteiger partial charge in [0, 0.05) is 6.07 Å². The summed E-state index contributed by atoms with van der Waals surface area (Å²) in [5.74, 6) is -0.753. The number of nitrogens with zero attached hydrogens (tertiary/aromatic N) is 1. The first-order valence-corrected chi connectivity index (χ1v) is 5.46. The molecule has 0 atom stereocenters. The Bertz CT molecular complexity index is 634. The van der Waals surface area contributed by atoms with Gasteiger partial charge in [-0.25, -0.2) is 4.79 Å². The molecule has 0 bridgehead atoms. The van der Waals surface area contributed by atoms with Gasteiger partial charge in [0.1, 0.15) is 16.0 Å². The van der Waals surface area contributed by atoms with Crippen LogP contribution in [0.5, 0.6) is 0 Å². The molecule has 6 nitrogen and oxygen atoms in total. The van der Waals surface area contributed by atoms with Gasteiger partial charge in [-0.2, -0.15) is 0 Å². The maximum atomic E-state index is 11.5. The summed E-state index contributed by atoms with van der Waals surface area (Å²) in [7, 11) is 0. The van der Waals surface area contributed by atoms with Gasteiger partial charge < -0.3 is 9.15 Å². The second-order valence-electron chi connectivity index (χ2n) is 3.40. The molecule has 0 unspecified atom stereocenters. The van der Waals surface area contributed by atoms with Crippen LogP contribution in [0.15, 0.2) is 22.6 Å². The van der Waals surface area contributed by atoms with Crippen molar-refractivity contribution in [2.45, 2.75) is 6.92 Å². The molecule has 0 aliphatic rings. The molecule has 18 heavy (non-hydrogen) atoms. The summed E-state index contributed by atoms with van der Waals surface area (Å²) >= 11 is 5.75. The van der Waals surface area contributed by atoms with E-state index >= 15 is 0 Å². The Kier molecular flexibility index (Phi) is 3.20. The van der Waals surface area contributed by atoms with E-state index in [1.807, 2.05) is 0 Å². The van der Waals surface area contributed by atoms with Crippen molar-refractivity contribution in [3.8, 4) is 0 Å². The first kappa shape index (κ1) is 12.4. The van der Waals surface area contributed by atoms with E-state index in [1.165, 1.54) is 18.2 Å². The molecule has 7 heteroatoms. The molecule has 2 rings (SSSR count). The maximum absolute atomic E-state index is 11.5. The fraction of sp³-hybridized carbons (Fsp3) is 0.182. The van der Waals surface area contributed by atoms with Crippen molar-refractivity contribution in [2.75, 3.05) is 6.61 Å². The Morgan fingerprint density at radius 3 is 2.89 bits per heavy atom. The van der Waals surface area contributed by atoms with Gasteiger partial charge in [0.05, 0.1) is 11.5 Å². The highest BCUT2D eigenvalue weighted by atomic mass is 35.5. The second kappa shape index (κ2) is 4.66. The third-order valence-electron chi connectivity index (χ3n) is 2.28. The molecule has 1 heterocycles. The van der Waals surface area contributed by atoms with Gasteiger partial charge >= 0.3 is 5.97 Å². The lowest BCUT2D eigenvalue weighted by Crippen LogP contribution is -2.02. The lowest BCUT2D eigenvalue weighted by atomic mass is 10.2. The molecule has 2 aromatic rings. The number of furan rings is 1. The van der Waals surface area contributed by atoms with Gasteiger partial charge in [-0.05, 0) is 19.1 Å². The van der Waals surface area contributed by atoms with Gasteiger partial charge in [-0.15, -0.1) is 0 Å². The number of hydrogen-bond donors (Lipinski definition) is 0. The van der Waals surface area contributed by atoms with E-state index < -0.39 is 10.9 Å². The monoisotopic (exact) mass is 269 g/mol. The van der Waals surface area contributed by atoms with E-state index in [1.54, 1.807) is 6.92 Å². The highest BCUT2D eigenvalue weighted by Gasteiger charge is 2.23. The molecular formula is C11H8ClNO5. The number of rotatable bonds is 3. The lowest BCUT2D eigenvalue weighted by molar-refractivity contribution is -0.382. The summed E-state index contributed by atoms with van der Waals surface area (Å²) in [4.78, 5) is 21.7. The van der Waals surface area contributed by atoms with E-state index in [0.29, 0.717) is 0 Å². The van der Waals surface area contributed by atoms with Crippen LogP contribution in [0.4, 0.5) is 5.69 Å². The van der Waals surface area contributed by atoms with Crippen LogP contribution in [-0.4, -0.2) is 17.5 Å². The van der Waals surface area contributed by atoms with Crippen LogP contribution in [0.25, 0.3) is 11.0 Å². The van der Waals surface area contributed by atoms with Crippen molar-refractivity contribution in [1.29, 1.82) is 0 Å². The third-order valence-corrected chi connectivity index (χ3v) is 2.59. The predicted octanol–water partition coefficient (Wildman–Crippen LogP) is 3.17. The summed E-state index contributed by atoms with van der Waals surface area (Å²) < 4.78 is 9.94. The van der Waals surface area contributed by atoms with Gasteiger partial charge in [0.15, 0.2) is 0 Å². The highest BCUT2D eigenvalue weighted by molar-refractivity contribution is 6.34. The molecule has 0 N–H and O–H groups in total. The maximum Gasteiger partial charge on any atom is 0.374 e. The lowest BCUT2D eigenvalue weighted by Gasteiger charge is -1.95. The van der Waals surface area contributed by atoms with Crippen molar-refractivity contribution in [3.05, 3.63) is 39.1 Å². The second-order valence-corrected chi connectivity index (χ2v) is 3.80. The van der Waals surface area contributed by atoms with Gasteiger partial charge in [0.25, 0.3) is 5.69 Å². The number of nitro groups is 1. The normalized spacial score (nSPS) is 10.6. The van der Waals surface area contributed by atoms with E-state index in [2.05, 4.69) is 0 Å². The Hall–Kier alpha value is -2.08. The van der Waals surface area contributed by atoms with Gasteiger partial charge in [-0.1, -0.05) is 11.6 Å². The number of hydrogen-bond acceptors (Lipinski definition) is 5. The smallest absolute Gasteiger partial charge is 0.374 e. The van der Waals surface area contributed by atoms with Crippen molar-refractivity contribution in [2.24, 2.45) is 0 Å². The van der Waals surface area contributed by atoms with Gasteiger partial charge in [0.2, 0.25) is 5.76 Å². The number of ether oxygens (including phenoxy) is 1. The number of carbonyl (C=O) groups is 1. The summed E-state index contributed by atoms with van der Waals surface area (Å²) in [6.45, 7) is 1.85. The largest absolute Gasteiger partial charge is 0.460 e. The Balaban J connectivity index is 2.61. The standard InChI is InChI=1S/C11H8ClNO5/c1-2-17-11(14)9-5-6-8(18-9)4-3-7(12)10(6)13(15)16/h3-5H,2H2,1H3. The molecule has 0 aliphatic heterocycles. The van der Waals surface area contributed by atoms with E-state index in [0.717, 1.165) is 0 Å². The SMILES string of the molecule is CCOC(=O)c1cc2c([N+](=O)[O-])c(Cl)ccc2o1. The third kappa shape index (κ3) is 2.02. The quantitative estimate of drug-likeness (QED) is 0.485. The summed E-state index contributed by atoms with van der Waals surface area (Å²) in [5.41, 5.74) is -0.0670. The number of carbonyl (C=O) groups excluding carboxylic acids is 1. The Morgan fingerprint density at radius 1 is 1.56 bits per heavy atom. The molecule has 0 saturated heterocycles. The van der Waals surface area contributed by atoms with Crippen molar-refractivity contribution in [3.63, 3.8) is 0 Å². The molecule has 1 aromatic heterocycles. The summed E-state index contributed by atoms with van der Waals surface area (Å²) in [5, 5.41) is 11.1. The zero-order chi connectivity index (χ0) is 13.3. The van der Waals surface area contributed by atoms with Crippen LogP contribution in [-0.2, 0) is 4.74 Å². The molecule has 0 amide bonds. The zero-order valence-electron chi connectivity index (χ0n) is 9.31. The summed E-state index contributed by atoms with van der Waals surface area (Å²) in [6, 6.07) is 4.07. The molecule has 0 fully saturated rings. The number of fused-ring (bicyclic) bond motifs is 1. The predicted molar refractivity (Wildman–Crippen MR) is 63.8 cm³/mol. The van der Waals surface area contributed by atoms with Crippen LogP contribution in [0, 0.1) is 10.1 Å². The van der Waals surface area contributed by atoms with E-state index in [-0.39, 0.29) is 34.0 Å². The highest BCUT2D eigenvalue weighted by Crippen LogP contribution is 2.35. The first-order valence-electron chi connectivity index (χ1n) is 5.08. The van der Waals surface area contributed by atoms with E-state index in [4.69, 9.17) is 20.8 Å². The Morgan fingerprint density at radius 2 is 2.28 bits per heavy atom. The first-order chi connectivity index (χ1) is 8.54. The van der Waals surface area contributed by atoms with Crippen molar-refractivity contribution >= 4 is 34.2 Å². The molecular weight excluding hydrogens is 262 g/mol. The minimum Gasteiger partial charge on any atom is -0.460 e. The van der Waals surface area contributed by atoms with Crippen molar-refractivity contribution < 1.29 is 18.9 Å². The average Bonchev–Trinajstić information content (AvgIpc) is 2.72. The zero-order valence-corrected chi connectivity index (χ0v) is 10.1. The molecule has 0 radical (unpaired) electrons. The van der Waals surface area contributed by atoms with E-state index in [9.17, 15) is 14.9 Å². The molecule has 0 spiro atoms. The number of benzene rings is 1. The fourth-order valence-electron chi connectivity index (χ4n) is 1.56. The minimum absolute atomic E-state index is 0.0105. The average molecular weight is 270 g/mol. The van der Waals surface area contributed by atoms with Crippen LogP contribution in [0.1, 0.15) is 17.5 Å². The topological polar surface area (TPSA) is 82.6 Å². The molecule has 1 aromatic carbocycles. The number of esters is 1. The number of nitro benzene ring substituents is 1. The van der Waals surface area contributed by atoms with Crippen LogP contribution >= 0.6 is 11.6 Å². The fourth-order valence-corrected chi connectivity index (χ4v) is 1.79. The van der Waals surface area contributed by atoms with Crippen LogP contribution in [0.3, 0.4) is 0 Å². The van der Waals surface area contributed by atoms with Crippen LogP contribution < -0.4 is 0 Å². The molecule has 94 valence electrons. The summed E-state index contributed by atoms with van der Waals surface area (Å²) in [6.07, 6.45) is 0.